The maximum Gasteiger partial charge on any atom is 0.336 e. The van der Waals surface area contributed by atoms with Gasteiger partial charge in [-0.25, -0.2) is 0 Å². The van der Waals surface area contributed by atoms with E-state index < -0.39 is 9.28 Å². The average molecular weight is 272 g/mol. The molecule has 0 aromatic heterocycles. The summed E-state index contributed by atoms with van der Waals surface area (Å²) in [6.07, 6.45) is 0. The monoisotopic (exact) mass is 272 g/mol. The fourth-order valence-electron chi connectivity index (χ4n) is 2.58. The topological polar surface area (TPSA) is 18.5 Å². The van der Waals surface area contributed by atoms with Crippen LogP contribution in [0.1, 0.15) is 18.1 Å². The Morgan fingerprint density at radius 1 is 0.737 bits per heavy atom. The summed E-state index contributed by atoms with van der Waals surface area (Å²) in [7, 11) is 1.61. The van der Waals surface area contributed by atoms with E-state index in [4.69, 9.17) is 8.85 Å². The number of hydrogen-bond donors (Lipinski definition) is 0. The normalized spacial score (nSPS) is 11.8. The van der Waals surface area contributed by atoms with Crippen LogP contribution in [-0.4, -0.2) is 23.5 Å². The first-order valence-corrected chi connectivity index (χ1v) is 7.92. The van der Waals surface area contributed by atoms with Crippen molar-refractivity contribution in [1.82, 2.24) is 0 Å². The summed E-state index contributed by atoms with van der Waals surface area (Å²) >= 11 is 0. The highest BCUT2D eigenvalue weighted by atomic mass is 28.3. The first-order valence-electron chi connectivity index (χ1n) is 6.40. The van der Waals surface area contributed by atoms with Gasteiger partial charge >= 0.3 is 9.28 Å². The molecule has 19 heavy (non-hydrogen) atoms. The third kappa shape index (κ3) is 2.63. The van der Waals surface area contributed by atoms with Crippen LogP contribution >= 0.6 is 0 Å². The van der Waals surface area contributed by atoms with Crippen LogP contribution in [-0.2, 0) is 13.9 Å². The summed E-state index contributed by atoms with van der Waals surface area (Å²) in [5, 5.41) is -0.202. The fraction of sp³-hybridized carbons (Fsp3) is 0.250. The van der Waals surface area contributed by atoms with Gasteiger partial charge in [-0.3, -0.25) is 0 Å². The molecule has 0 amide bonds. The van der Waals surface area contributed by atoms with E-state index in [0.717, 1.165) is 0 Å². The molecule has 0 fully saturated rings. The van der Waals surface area contributed by atoms with Crippen LogP contribution in [0.2, 0.25) is 0 Å². The van der Waals surface area contributed by atoms with Crippen LogP contribution in [0.15, 0.2) is 60.7 Å². The second-order valence-corrected chi connectivity index (χ2v) is 7.50. The lowest BCUT2D eigenvalue weighted by molar-refractivity contribution is 0.254. The van der Waals surface area contributed by atoms with Gasteiger partial charge in [0.25, 0.3) is 0 Å². The Morgan fingerprint density at radius 2 is 1.11 bits per heavy atom. The molecule has 0 radical (unpaired) electrons. The molecule has 2 aromatic rings. The van der Waals surface area contributed by atoms with Gasteiger partial charge in [-0.1, -0.05) is 60.7 Å². The molecule has 0 spiro atoms. The van der Waals surface area contributed by atoms with Gasteiger partial charge in [-0.15, -0.1) is 0 Å². The molecule has 0 N–H and O–H groups in total. The van der Waals surface area contributed by atoms with E-state index in [1.807, 2.05) is 12.1 Å². The maximum absolute atomic E-state index is 5.69. The third-order valence-corrected chi connectivity index (χ3v) is 6.11. The highest BCUT2D eigenvalue weighted by molar-refractivity contribution is 6.49. The molecule has 0 aliphatic carbocycles. The Morgan fingerprint density at radius 3 is 1.42 bits per heavy atom. The predicted octanol–water partition coefficient (Wildman–Crippen LogP) is 3.05. The van der Waals surface area contributed by atoms with E-state index in [9.17, 15) is 0 Å². The minimum atomic E-state index is -1.88. The van der Waals surface area contributed by atoms with Gasteiger partial charge in [0, 0.05) is 14.2 Å². The van der Waals surface area contributed by atoms with E-state index in [-0.39, 0.29) is 5.04 Å². The molecule has 0 bridgehead atoms. The molecule has 0 unspecified atom stereocenters. The molecule has 3 heteroatoms. The van der Waals surface area contributed by atoms with Crippen molar-refractivity contribution in [2.24, 2.45) is 0 Å². The second kappa shape index (κ2) is 6.15. The Kier molecular flexibility index (Phi) is 4.53. The highest BCUT2D eigenvalue weighted by Crippen LogP contribution is 2.34. The predicted molar refractivity (Wildman–Crippen MR) is 80.5 cm³/mol. The van der Waals surface area contributed by atoms with Crippen LogP contribution in [0.5, 0.6) is 0 Å². The van der Waals surface area contributed by atoms with Crippen LogP contribution < -0.4 is 0 Å². The standard InChI is InChI=1S/C16H20O2Si/c1-16(19(17-2)18-3,14-10-6-4-7-11-14)15-12-8-5-9-13-15/h4-13,19H,1-3H3. The second-order valence-electron chi connectivity index (χ2n) is 4.74. The summed E-state index contributed by atoms with van der Waals surface area (Å²) in [4.78, 5) is 0. The molecule has 0 saturated heterocycles. The molecule has 2 nitrogen and oxygen atoms in total. The van der Waals surface area contributed by atoms with Crippen LogP contribution in [0.4, 0.5) is 0 Å². The van der Waals surface area contributed by atoms with Crippen molar-refractivity contribution in [2.75, 3.05) is 14.2 Å². The lowest BCUT2D eigenvalue weighted by atomic mass is 9.92. The van der Waals surface area contributed by atoms with Gasteiger partial charge in [0.05, 0.1) is 5.04 Å². The SMILES string of the molecule is CO[SiH](OC)C(C)(c1ccccc1)c1ccccc1. The molecule has 2 aromatic carbocycles. The molecule has 0 aliphatic heterocycles. The smallest absolute Gasteiger partial charge is 0.336 e. The van der Waals surface area contributed by atoms with E-state index in [1.54, 1.807) is 14.2 Å². The summed E-state index contributed by atoms with van der Waals surface area (Å²) in [6.45, 7) is 2.21. The first kappa shape index (κ1) is 14.0. The highest BCUT2D eigenvalue weighted by Gasteiger charge is 2.40. The molecule has 0 aliphatic rings. The van der Waals surface area contributed by atoms with Crippen molar-refractivity contribution in [2.45, 2.75) is 12.0 Å². The Labute approximate surface area is 116 Å². The van der Waals surface area contributed by atoms with Gasteiger partial charge in [0.1, 0.15) is 0 Å². The van der Waals surface area contributed by atoms with Crippen molar-refractivity contribution >= 4 is 9.28 Å². The van der Waals surface area contributed by atoms with Crippen LogP contribution in [0, 0.1) is 0 Å². The van der Waals surface area contributed by atoms with Crippen molar-refractivity contribution in [3.8, 4) is 0 Å². The summed E-state index contributed by atoms with van der Waals surface area (Å²) in [5.74, 6) is 0. The van der Waals surface area contributed by atoms with Gasteiger partial charge in [-0.2, -0.15) is 0 Å². The van der Waals surface area contributed by atoms with Crippen LogP contribution in [0.3, 0.4) is 0 Å². The van der Waals surface area contributed by atoms with Gasteiger partial charge < -0.3 is 8.85 Å². The van der Waals surface area contributed by atoms with E-state index in [1.165, 1.54) is 11.1 Å². The van der Waals surface area contributed by atoms with E-state index in [2.05, 4.69) is 55.5 Å². The maximum atomic E-state index is 5.69. The summed E-state index contributed by atoms with van der Waals surface area (Å²) in [5.41, 5.74) is 2.48. The largest absolute Gasteiger partial charge is 0.399 e. The Bertz CT molecular complexity index is 455. The number of rotatable bonds is 5. The zero-order valence-corrected chi connectivity index (χ0v) is 12.8. The van der Waals surface area contributed by atoms with E-state index in [0.29, 0.717) is 0 Å². The van der Waals surface area contributed by atoms with Gasteiger partial charge in [0.15, 0.2) is 0 Å². The Hall–Kier alpha value is -1.42. The zero-order valence-electron chi connectivity index (χ0n) is 11.7. The van der Waals surface area contributed by atoms with Crippen molar-refractivity contribution < 1.29 is 8.85 Å². The van der Waals surface area contributed by atoms with Crippen molar-refractivity contribution in [1.29, 1.82) is 0 Å². The first-order chi connectivity index (χ1) is 9.23. The molecule has 0 heterocycles. The Balaban J connectivity index is 2.57. The van der Waals surface area contributed by atoms with Crippen molar-refractivity contribution in [3.05, 3.63) is 71.8 Å². The minimum absolute atomic E-state index is 0.202. The number of benzene rings is 2. The molecule has 2 rings (SSSR count). The zero-order chi connectivity index (χ0) is 13.7. The molecular weight excluding hydrogens is 252 g/mol. The summed E-state index contributed by atoms with van der Waals surface area (Å²) < 4.78 is 11.4. The fourth-order valence-corrected chi connectivity index (χ4v) is 4.64. The summed E-state index contributed by atoms with van der Waals surface area (Å²) in [6, 6.07) is 20.9. The molecular formula is C16H20O2Si. The van der Waals surface area contributed by atoms with Crippen molar-refractivity contribution in [3.63, 3.8) is 0 Å². The van der Waals surface area contributed by atoms with Gasteiger partial charge in [0.2, 0.25) is 0 Å². The molecule has 0 saturated carbocycles. The van der Waals surface area contributed by atoms with E-state index >= 15 is 0 Å². The minimum Gasteiger partial charge on any atom is -0.399 e. The molecule has 100 valence electrons. The average Bonchev–Trinajstić information content (AvgIpc) is 2.50. The lowest BCUT2D eigenvalue weighted by Crippen LogP contribution is -2.45. The quantitative estimate of drug-likeness (QED) is 0.779. The van der Waals surface area contributed by atoms with Gasteiger partial charge in [-0.05, 0) is 18.1 Å². The lowest BCUT2D eigenvalue weighted by Gasteiger charge is -2.35. The third-order valence-electron chi connectivity index (χ3n) is 3.65. The molecule has 0 atom stereocenters. The van der Waals surface area contributed by atoms with Crippen LogP contribution in [0.25, 0.3) is 0 Å². The number of hydrogen-bond acceptors (Lipinski definition) is 2.